The van der Waals surface area contributed by atoms with Gasteiger partial charge in [-0.05, 0) is 25.0 Å². The maximum atomic E-state index is 11.9. The molecule has 0 spiro atoms. The van der Waals surface area contributed by atoms with Crippen molar-refractivity contribution in [2.45, 2.75) is 24.7 Å². The Labute approximate surface area is 99.0 Å². The number of fused-ring (bicyclic) bond motifs is 1. The fourth-order valence-corrected chi connectivity index (χ4v) is 2.44. The third-order valence-corrected chi connectivity index (χ3v) is 3.63. The van der Waals surface area contributed by atoms with Crippen LogP contribution in [0, 0.1) is 0 Å². The molecule has 4 nitrogen and oxygen atoms in total. The SMILES string of the molecule is COC(=O)C1(c2nc3ccccc3[nH]2)CCC1. The second kappa shape index (κ2) is 3.58. The van der Waals surface area contributed by atoms with Crippen molar-refractivity contribution in [3.63, 3.8) is 0 Å². The van der Waals surface area contributed by atoms with Crippen LogP contribution in [0.3, 0.4) is 0 Å². The summed E-state index contributed by atoms with van der Waals surface area (Å²) in [5, 5.41) is 0. The Balaban J connectivity index is 2.10. The lowest BCUT2D eigenvalue weighted by Gasteiger charge is -2.36. The number of H-pyrrole nitrogens is 1. The molecule has 88 valence electrons. The first-order valence-corrected chi connectivity index (χ1v) is 5.80. The highest BCUT2D eigenvalue weighted by Gasteiger charge is 2.49. The van der Waals surface area contributed by atoms with Gasteiger partial charge in [0, 0.05) is 0 Å². The van der Waals surface area contributed by atoms with E-state index in [0.717, 1.165) is 36.1 Å². The normalized spacial score (nSPS) is 17.7. The fraction of sp³-hybridized carbons (Fsp3) is 0.385. The number of hydrogen-bond donors (Lipinski definition) is 1. The zero-order valence-corrected chi connectivity index (χ0v) is 9.69. The summed E-state index contributed by atoms with van der Waals surface area (Å²) in [6.07, 6.45) is 2.69. The molecule has 17 heavy (non-hydrogen) atoms. The first-order chi connectivity index (χ1) is 8.26. The maximum Gasteiger partial charge on any atom is 0.319 e. The Hall–Kier alpha value is -1.84. The van der Waals surface area contributed by atoms with Crippen LogP contribution in [0.4, 0.5) is 0 Å². The highest BCUT2D eigenvalue weighted by atomic mass is 16.5. The molecule has 2 aromatic rings. The summed E-state index contributed by atoms with van der Waals surface area (Å²) in [6.45, 7) is 0. The van der Waals surface area contributed by atoms with Crippen LogP contribution in [-0.2, 0) is 14.9 Å². The van der Waals surface area contributed by atoms with E-state index in [4.69, 9.17) is 4.74 Å². The van der Waals surface area contributed by atoms with E-state index in [1.165, 1.54) is 7.11 Å². The molecule has 3 rings (SSSR count). The van der Waals surface area contributed by atoms with E-state index in [-0.39, 0.29) is 5.97 Å². The molecule has 1 aromatic heterocycles. The van der Waals surface area contributed by atoms with Gasteiger partial charge in [-0.1, -0.05) is 18.6 Å². The largest absolute Gasteiger partial charge is 0.468 e. The lowest BCUT2D eigenvalue weighted by atomic mass is 9.68. The number of aromatic nitrogens is 2. The van der Waals surface area contributed by atoms with Crippen molar-refractivity contribution in [1.82, 2.24) is 9.97 Å². The molecule has 1 aliphatic carbocycles. The number of rotatable bonds is 2. The number of imidazole rings is 1. The molecule has 1 saturated carbocycles. The van der Waals surface area contributed by atoms with Gasteiger partial charge >= 0.3 is 5.97 Å². The highest BCUT2D eigenvalue weighted by molar-refractivity contribution is 5.85. The number of nitrogens with zero attached hydrogens (tertiary/aromatic N) is 1. The van der Waals surface area contributed by atoms with E-state index in [1.54, 1.807) is 0 Å². The topological polar surface area (TPSA) is 55.0 Å². The van der Waals surface area contributed by atoms with Crippen molar-refractivity contribution in [2.24, 2.45) is 0 Å². The Kier molecular flexibility index (Phi) is 2.18. The van der Waals surface area contributed by atoms with Gasteiger partial charge in [0.15, 0.2) is 0 Å². The van der Waals surface area contributed by atoms with E-state index in [1.807, 2.05) is 24.3 Å². The predicted octanol–water partition coefficient (Wildman–Crippen LogP) is 2.16. The minimum atomic E-state index is -0.534. The number of carbonyl (C=O) groups is 1. The first kappa shape index (κ1) is 10.3. The van der Waals surface area contributed by atoms with Crippen molar-refractivity contribution in [2.75, 3.05) is 7.11 Å². The van der Waals surface area contributed by atoms with Crippen molar-refractivity contribution >= 4 is 17.0 Å². The van der Waals surface area contributed by atoms with E-state index < -0.39 is 5.41 Å². The van der Waals surface area contributed by atoms with Crippen molar-refractivity contribution in [3.05, 3.63) is 30.1 Å². The Morgan fingerprint density at radius 2 is 2.18 bits per heavy atom. The summed E-state index contributed by atoms with van der Waals surface area (Å²) in [6, 6.07) is 7.81. The molecule has 0 amide bonds. The van der Waals surface area contributed by atoms with Crippen LogP contribution in [0.15, 0.2) is 24.3 Å². The Morgan fingerprint density at radius 1 is 1.41 bits per heavy atom. The Morgan fingerprint density at radius 3 is 2.76 bits per heavy atom. The van der Waals surface area contributed by atoms with Gasteiger partial charge in [-0.15, -0.1) is 0 Å². The van der Waals surface area contributed by atoms with Crippen LogP contribution < -0.4 is 0 Å². The van der Waals surface area contributed by atoms with Gasteiger partial charge in [0.1, 0.15) is 11.2 Å². The molecule has 0 atom stereocenters. The molecule has 0 bridgehead atoms. The lowest BCUT2D eigenvalue weighted by molar-refractivity contribution is -0.151. The third-order valence-electron chi connectivity index (χ3n) is 3.63. The average molecular weight is 230 g/mol. The third kappa shape index (κ3) is 1.37. The molecule has 0 aliphatic heterocycles. The molecular weight excluding hydrogens is 216 g/mol. The van der Waals surface area contributed by atoms with E-state index in [9.17, 15) is 4.79 Å². The second-order valence-corrected chi connectivity index (χ2v) is 4.53. The van der Waals surface area contributed by atoms with Gasteiger partial charge in [-0.2, -0.15) is 0 Å². The predicted molar refractivity (Wildman–Crippen MR) is 63.6 cm³/mol. The molecule has 0 saturated heterocycles. The van der Waals surface area contributed by atoms with Gasteiger partial charge < -0.3 is 9.72 Å². The molecule has 0 unspecified atom stereocenters. The summed E-state index contributed by atoms with van der Waals surface area (Å²) in [4.78, 5) is 19.7. The van der Waals surface area contributed by atoms with Gasteiger partial charge in [-0.3, -0.25) is 4.79 Å². The number of ether oxygens (including phenoxy) is 1. The zero-order valence-electron chi connectivity index (χ0n) is 9.69. The quantitative estimate of drug-likeness (QED) is 0.804. The number of carbonyl (C=O) groups excluding carboxylic acids is 1. The summed E-state index contributed by atoms with van der Waals surface area (Å²) in [7, 11) is 1.44. The molecule has 1 fully saturated rings. The Bertz CT molecular complexity index is 537. The van der Waals surface area contributed by atoms with Crippen molar-refractivity contribution in [3.8, 4) is 0 Å². The lowest BCUT2D eigenvalue weighted by Crippen LogP contribution is -2.44. The minimum absolute atomic E-state index is 0.178. The first-order valence-electron chi connectivity index (χ1n) is 5.80. The molecular formula is C13H14N2O2. The van der Waals surface area contributed by atoms with Crippen LogP contribution in [0.25, 0.3) is 11.0 Å². The number of aromatic amines is 1. The van der Waals surface area contributed by atoms with Gasteiger partial charge in [-0.25, -0.2) is 4.98 Å². The smallest absolute Gasteiger partial charge is 0.319 e. The van der Waals surface area contributed by atoms with Crippen LogP contribution in [0.5, 0.6) is 0 Å². The van der Waals surface area contributed by atoms with Crippen molar-refractivity contribution < 1.29 is 9.53 Å². The van der Waals surface area contributed by atoms with Gasteiger partial charge in [0.2, 0.25) is 0 Å². The molecule has 1 N–H and O–H groups in total. The fourth-order valence-electron chi connectivity index (χ4n) is 2.44. The second-order valence-electron chi connectivity index (χ2n) is 4.53. The van der Waals surface area contributed by atoms with Crippen molar-refractivity contribution in [1.29, 1.82) is 0 Å². The number of methoxy groups -OCH3 is 1. The molecule has 1 aromatic carbocycles. The van der Waals surface area contributed by atoms with E-state index in [2.05, 4.69) is 9.97 Å². The van der Waals surface area contributed by atoms with Crippen LogP contribution in [0.1, 0.15) is 25.1 Å². The number of esters is 1. The van der Waals surface area contributed by atoms with Gasteiger partial charge in [0.25, 0.3) is 0 Å². The number of benzene rings is 1. The van der Waals surface area contributed by atoms with Gasteiger partial charge in [0.05, 0.1) is 18.1 Å². The van der Waals surface area contributed by atoms with Crippen LogP contribution >= 0.6 is 0 Å². The maximum absolute atomic E-state index is 11.9. The van der Waals surface area contributed by atoms with E-state index in [0.29, 0.717) is 0 Å². The molecule has 1 heterocycles. The van der Waals surface area contributed by atoms with E-state index >= 15 is 0 Å². The molecule has 0 radical (unpaired) electrons. The highest BCUT2D eigenvalue weighted by Crippen LogP contribution is 2.43. The molecule has 1 aliphatic rings. The zero-order chi connectivity index (χ0) is 11.9. The van der Waals surface area contributed by atoms with Crippen LogP contribution in [-0.4, -0.2) is 23.0 Å². The summed E-state index contributed by atoms with van der Waals surface area (Å²) < 4.78 is 4.91. The standard InChI is InChI=1S/C13H14N2O2/c1-17-12(16)13(7-4-8-13)11-14-9-5-2-3-6-10(9)15-11/h2-3,5-6H,4,7-8H2,1H3,(H,14,15). The van der Waals surface area contributed by atoms with Crippen LogP contribution in [0.2, 0.25) is 0 Å². The average Bonchev–Trinajstić information content (AvgIpc) is 2.70. The number of nitrogens with one attached hydrogen (secondary N) is 1. The summed E-state index contributed by atoms with van der Waals surface area (Å²) in [5.74, 6) is 0.569. The molecule has 4 heteroatoms. The number of para-hydroxylation sites is 2. The minimum Gasteiger partial charge on any atom is -0.468 e. The number of hydrogen-bond acceptors (Lipinski definition) is 3. The summed E-state index contributed by atoms with van der Waals surface area (Å²) in [5.41, 5.74) is 1.34. The summed E-state index contributed by atoms with van der Waals surface area (Å²) >= 11 is 0. The monoisotopic (exact) mass is 230 g/mol.